The second-order valence-corrected chi connectivity index (χ2v) is 7.88. The number of halogens is 1. The average molecular weight is 371 g/mol. The highest BCUT2D eigenvalue weighted by molar-refractivity contribution is 9.11. The number of carbonyl (C=O) groups excluding carboxylic acids is 1. The van der Waals surface area contributed by atoms with Gasteiger partial charge in [0.15, 0.2) is 0 Å². The van der Waals surface area contributed by atoms with Crippen molar-refractivity contribution in [2.75, 3.05) is 13.1 Å². The minimum atomic E-state index is -3.77. The van der Waals surface area contributed by atoms with Crippen molar-refractivity contribution in [2.45, 2.75) is 11.1 Å². The molecule has 0 spiro atoms. The molecule has 1 heterocycles. The Morgan fingerprint density at radius 2 is 2.05 bits per heavy atom. The van der Waals surface area contributed by atoms with Gasteiger partial charge >= 0.3 is 5.97 Å². The van der Waals surface area contributed by atoms with Crippen LogP contribution >= 0.6 is 27.3 Å². The van der Waals surface area contributed by atoms with Gasteiger partial charge in [-0.25, -0.2) is 13.1 Å². The van der Waals surface area contributed by atoms with Crippen molar-refractivity contribution in [3.8, 4) is 0 Å². The summed E-state index contributed by atoms with van der Waals surface area (Å²) in [6, 6.07) is 1.48. The lowest BCUT2D eigenvalue weighted by molar-refractivity contribution is -0.137. The molecule has 0 aliphatic heterocycles. The van der Waals surface area contributed by atoms with Crippen LogP contribution in [0.15, 0.2) is 14.1 Å². The van der Waals surface area contributed by atoms with Gasteiger partial charge in [-0.15, -0.1) is 11.3 Å². The molecule has 106 valence electrons. The fourth-order valence-electron chi connectivity index (χ4n) is 1.03. The summed E-state index contributed by atoms with van der Waals surface area (Å²) in [5, 5.41) is 10.4. The van der Waals surface area contributed by atoms with Gasteiger partial charge in [-0.1, -0.05) is 0 Å². The zero-order valence-electron chi connectivity index (χ0n) is 9.77. The molecule has 0 aliphatic carbocycles. The van der Waals surface area contributed by atoms with Crippen LogP contribution in [-0.4, -0.2) is 38.5 Å². The monoisotopic (exact) mass is 370 g/mol. The molecular formula is C9H11BrN2O5S2. The van der Waals surface area contributed by atoms with Gasteiger partial charge < -0.3 is 10.4 Å². The van der Waals surface area contributed by atoms with Crippen LogP contribution in [0.3, 0.4) is 0 Å². The van der Waals surface area contributed by atoms with Crippen LogP contribution in [-0.2, 0) is 19.6 Å². The van der Waals surface area contributed by atoms with E-state index in [2.05, 4.69) is 26.0 Å². The van der Waals surface area contributed by atoms with Crippen LogP contribution in [0.4, 0.5) is 0 Å². The molecule has 0 fully saturated rings. The second-order valence-electron chi connectivity index (χ2n) is 3.52. The predicted octanol–water partition coefficient (Wildman–Crippen LogP) is 0.298. The molecular weight excluding hydrogens is 360 g/mol. The molecule has 0 aromatic carbocycles. The molecule has 0 saturated heterocycles. The third kappa shape index (κ3) is 4.90. The standard InChI is InChI=1S/C9H11BrN2O5S2/c1-5-2-8(18-9(5)10)19(16,17)12-3-6(13)11-4-7(14)15/h2,12H,3-4H2,1H3,(H,11,13)(H,14,15). The van der Waals surface area contributed by atoms with E-state index in [9.17, 15) is 18.0 Å². The van der Waals surface area contributed by atoms with Crippen LogP contribution in [0.25, 0.3) is 0 Å². The number of thiophene rings is 1. The molecule has 10 heteroatoms. The van der Waals surface area contributed by atoms with E-state index in [1.807, 2.05) is 0 Å². The summed E-state index contributed by atoms with van der Waals surface area (Å²) in [5.74, 6) is -1.91. The summed E-state index contributed by atoms with van der Waals surface area (Å²) in [4.78, 5) is 21.4. The van der Waals surface area contributed by atoms with Gasteiger partial charge in [-0.3, -0.25) is 9.59 Å². The molecule has 1 amide bonds. The highest BCUT2D eigenvalue weighted by atomic mass is 79.9. The zero-order valence-corrected chi connectivity index (χ0v) is 13.0. The molecule has 19 heavy (non-hydrogen) atoms. The number of amides is 1. The Bertz CT molecular complexity index is 576. The van der Waals surface area contributed by atoms with Crippen molar-refractivity contribution >= 4 is 49.2 Å². The fourth-order valence-corrected chi connectivity index (χ4v) is 4.28. The Morgan fingerprint density at radius 1 is 1.42 bits per heavy atom. The highest BCUT2D eigenvalue weighted by Crippen LogP contribution is 2.30. The number of carbonyl (C=O) groups is 2. The van der Waals surface area contributed by atoms with Gasteiger partial charge in [0.1, 0.15) is 10.8 Å². The minimum absolute atomic E-state index is 0.0860. The molecule has 7 nitrogen and oxygen atoms in total. The molecule has 0 saturated carbocycles. The summed E-state index contributed by atoms with van der Waals surface area (Å²) in [6.45, 7) is 0.688. The SMILES string of the molecule is Cc1cc(S(=O)(=O)NCC(=O)NCC(=O)O)sc1Br. The van der Waals surface area contributed by atoms with Gasteiger partial charge in [0.25, 0.3) is 10.0 Å². The Kier molecular flexibility index (Phi) is 5.47. The smallest absolute Gasteiger partial charge is 0.322 e. The Labute approximate surface area is 122 Å². The number of sulfonamides is 1. The van der Waals surface area contributed by atoms with Crippen LogP contribution in [0.1, 0.15) is 5.56 Å². The summed E-state index contributed by atoms with van der Waals surface area (Å²) >= 11 is 4.24. The van der Waals surface area contributed by atoms with Crippen molar-refractivity contribution in [1.82, 2.24) is 10.0 Å². The van der Waals surface area contributed by atoms with Gasteiger partial charge in [0.05, 0.1) is 10.3 Å². The van der Waals surface area contributed by atoms with Gasteiger partial charge in [0.2, 0.25) is 5.91 Å². The lowest BCUT2D eigenvalue weighted by Gasteiger charge is -2.04. The molecule has 0 radical (unpaired) electrons. The quantitative estimate of drug-likeness (QED) is 0.666. The number of hydrogen-bond donors (Lipinski definition) is 3. The molecule has 1 aromatic rings. The van der Waals surface area contributed by atoms with Crippen LogP contribution in [0.2, 0.25) is 0 Å². The first-order valence-electron chi connectivity index (χ1n) is 4.96. The third-order valence-electron chi connectivity index (χ3n) is 1.96. The van der Waals surface area contributed by atoms with Gasteiger partial charge in [0, 0.05) is 0 Å². The molecule has 3 N–H and O–H groups in total. The van der Waals surface area contributed by atoms with Crippen LogP contribution in [0.5, 0.6) is 0 Å². The van der Waals surface area contributed by atoms with E-state index in [0.717, 1.165) is 16.9 Å². The van der Waals surface area contributed by atoms with E-state index < -0.39 is 35.0 Å². The lowest BCUT2D eigenvalue weighted by atomic mass is 10.4. The van der Waals surface area contributed by atoms with Crippen LogP contribution < -0.4 is 10.0 Å². The van der Waals surface area contributed by atoms with Crippen LogP contribution in [0, 0.1) is 6.92 Å². The highest BCUT2D eigenvalue weighted by Gasteiger charge is 2.19. The largest absolute Gasteiger partial charge is 0.480 e. The maximum absolute atomic E-state index is 11.8. The van der Waals surface area contributed by atoms with E-state index in [1.165, 1.54) is 6.07 Å². The van der Waals surface area contributed by atoms with Gasteiger partial charge in [-0.05, 0) is 34.5 Å². The number of aryl methyl sites for hydroxylation is 1. The van der Waals surface area contributed by atoms with Gasteiger partial charge in [-0.2, -0.15) is 0 Å². The van der Waals surface area contributed by atoms with Crippen molar-refractivity contribution in [3.63, 3.8) is 0 Å². The first-order valence-corrected chi connectivity index (χ1v) is 8.05. The molecule has 0 atom stereocenters. The average Bonchev–Trinajstić information content (AvgIpc) is 2.65. The Hall–Kier alpha value is -0.970. The molecule has 0 bridgehead atoms. The number of carboxylic acids is 1. The van der Waals surface area contributed by atoms with Crippen molar-refractivity contribution in [3.05, 3.63) is 15.4 Å². The summed E-state index contributed by atoms with van der Waals surface area (Å²) in [7, 11) is -3.77. The Morgan fingerprint density at radius 3 is 2.53 bits per heavy atom. The lowest BCUT2D eigenvalue weighted by Crippen LogP contribution is -2.38. The number of aliphatic carboxylic acids is 1. The van der Waals surface area contributed by atoms with E-state index in [0.29, 0.717) is 3.79 Å². The maximum Gasteiger partial charge on any atom is 0.322 e. The maximum atomic E-state index is 11.8. The topological polar surface area (TPSA) is 113 Å². The third-order valence-corrected chi connectivity index (χ3v) is 5.97. The molecule has 0 unspecified atom stereocenters. The Balaban J connectivity index is 2.61. The summed E-state index contributed by atoms with van der Waals surface area (Å²) < 4.78 is 26.5. The molecule has 0 aliphatic rings. The van der Waals surface area contributed by atoms with Crippen molar-refractivity contribution in [2.24, 2.45) is 0 Å². The van der Waals surface area contributed by atoms with E-state index >= 15 is 0 Å². The second kappa shape index (κ2) is 6.46. The number of rotatable bonds is 6. The normalized spacial score (nSPS) is 11.3. The number of hydrogen-bond acceptors (Lipinski definition) is 5. The minimum Gasteiger partial charge on any atom is -0.480 e. The molecule has 1 rings (SSSR count). The summed E-state index contributed by atoms with van der Waals surface area (Å²) in [6.07, 6.45) is 0. The first-order chi connectivity index (χ1) is 8.72. The molecule has 1 aromatic heterocycles. The predicted molar refractivity (Wildman–Crippen MR) is 72.6 cm³/mol. The zero-order chi connectivity index (χ0) is 14.6. The summed E-state index contributed by atoms with van der Waals surface area (Å²) in [5.41, 5.74) is 0.778. The fraction of sp³-hybridized carbons (Fsp3) is 0.333. The number of carboxylic acid groups (broad SMARTS) is 1. The first kappa shape index (κ1) is 16.1. The van der Waals surface area contributed by atoms with Crippen molar-refractivity contribution < 1.29 is 23.1 Å². The van der Waals surface area contributed by atoms with E-state index in [-0.39, 0.29) is 4.21 Å². The number of nitrogens with one attached hydrogen (secondary N) is 2. The van der Waals surface area contributed by atoms with E-state index in [4.69, 9.17) is 5.11 Å². The van der Waals surface area contributed by atoms with E-state index in [1.54, 1.807) is 6.92 Å². The van der Waals surface area contributed by atoms with Crippen molar-refractivity contribution in [1.29, 1.82) is 0 Å².